The van der Waals surface area contributed by atoms with Crippen LogP contribution < -0.4 is 10.6 Å². The van der Waals surface area contributed by atoms with E-state index in [1.54, 1.807) is 7.11 Å². The number of nitrogens with zero attached hydrogens (tertiary/aromatic N) is 1. The maximum Gasteiger partial charge on any atom is 0.0637 e. The Balaban J connectivity index is 2.31. The normalized spacial score (nSPS) is 17.9. The number of ether oxygens (including phenoxy) is 1. The molecule has 1 aromatic carbocycles. The van der Waals surface area contributed by atoms with Gasteiger partial charge >= 0.3 is 0 Å². The Morgan fingerprint density at radius 1 is 1.40 bits per heavy atom. The third-order valence-electron chi connectivity index (χ3n) is 4.12. The first-order valence-corrected chi connectivity index (χ1v) is 8.14. The van der Waals surface area contributed by atoms with Gasteiger partial charge in [0, 0.05) is 35.9 Å². The van der Waals surface area contributed by atoms with Crippen LogP contribution in [-0.4, -0.2) is 26.3 Å². The lowest BCUT2D eigenvalue weighted by molar-refractivity contribution is 0.202. The van der Waals surface area contributed by atoms with Crippen molar-refractivity contribution < 1.29 is 4.74 Å². The summed E-state index contributed by atoms with van der Waals surface area (Å²) in [6, 6.07) is 6.99. The van der Waals surface area contributed by atoms with Crippen LogP contribution in [0, 0.1) is 5.92 Å². The highest BCUT2D eigenvalue weighted by atomic mass is 79.9. The summed E-state index contributed by atoms with van der Waals surface area (Å²) in [7, 11) is 1.76. The predicted molar refractivity (Wildman–Crippen MR) is 88.2 cm³/mol. The molecule has 1 aliphatic rings. The molecule has 0 aliphatic heterocycles. The van der Waals surface area contributed by atoms with E-state index in [0.29, 0.717) is 6.04 Å². The summed E-state index contributed by atoms with van der Waals surface area (Å²) in [6.45, 7) is 6.02. The first-order chi connectivity index (χ1) is 9.54. The smallest absolute Gasteiger partial charge is 0.0637 e. The molecule has 1 aliphatic carbocycles. The molecule has 1 fully saturated rings. The van der Waals surface area contributed by atoms with Crippen LogP contribution >= 0.6 is 15.9 Å². The predicted octanol–water partition coefficient (Wildman–Crippen LogP) is 3.72. The number of hydrogen-bond acceptors (Lipinski definition) is 3. The van der Waals surface area contributed by atoms with Crippen molar-refractivity contribution in [1.82, 2.24) is 0 Å². The van der Waals surface area contributed by atoms with Crippen molar-refractivity contribution in [3.63, 3.8) is 0 Å². The van der Waals surface area contributed by atoms with Gasteiger partial charge < -0.3 is 15.4 Å². The largest absolute Gasteiger partial charge is 0.383 e. The van der Waals surface area contributed by atoms with Crippen molar-refractivity contribution in [1.29, 1.82) is 0 Å². The summed E-state index contributed by atoms with van der Waals surface area (Å²) in [4.78, 5) is 2.46. The van der Waals surface area contributed by atoms with Crippen LogP contribution in [0.3, 0.4) is 0 Å². The van der Waals surface area contributed by atoms with Gasteiger partial charge in [-0.2, -0.15) is 0 Å². The van der Waals surface area contributed by atoms with Gasteiger partial charge in [0.1, 0.15) is 0 Å². The van der Waals surface area contributed by atoms with Crippen molar-refractivity contribution in [2.24, 2.45) is 11.7 Å². The highest BCUT2D eigenvalue weighted by Crippen LogP contribution is 2.38. The monoisotopic (exact) mass is 340 g/mol. The summed E-state index contributed by atoms with van der Waals surface area (Å²) in [5.41, 5.74) is 8.61. The molecule has 0 spiro atoms. The van der Waals surface area contributed by atoms with Crippen LogP contribution in [0.15, 0.2) is 22.7 Å². The van der Waals surface area contributed by atoms with Crippen molar-refractivity contribution in [3.8, 4) is 0 Å². The topological polar surface area (TPSA) is 38.5 Å². The highest BCUT2D eigenvalue weighted by molar-refractivity contribution is 9.10. The third kappa shape index (κ3) is 3.74. The van der Waals surface area contributed by atoms with Gasteiger partial charge in [-0.15, -0.1) is 0 Å². The first kappa shape index (κ1) is 15.8. The average Bonchev–Trinajstić information content (AvgIpc) is 3.24. The summed E-state index contributed by atoms with van der Waals surface area (Å²) in [5, 5.41) is 0. The Bertz CT molecular complexity index is 446. The van der Waals surface area contributed by atoms with Crippen LogP contribution in [-0.2, 0) is 4.74 Å². The zero-order valence-electron chi connectivity index (χ0n) is 12.6. The molecular formula is C16H25BrN2O. The maximum absolute atomic E-state index is 6.16. The second-order valence-electron chi connectivity index (χ2n) is 5.76. The molecule has 1 aromatic rings. The number of nitrogens with two attached hydrogens (primary N) is 1. The van der Waals surface area contributed by atoms with E-state index in [1.807, 2.05) is 6.92 Å². The van der Waals surface area contributed by atoms with Crippen LogP contribution in [0.1, 0.15) is 38.3 Å². The van der Waals surface area contributed by atoms with Crippen molar-refractivity contribution in [2.45, 2.75) is 38.8 Å². The lowest BCUT2D eigenvalue weighted by Gasteiger charge is -2.34. The number of rotatable bonds is 7. The lowest BCUT2D eigenvalue weighted by atomic mass is 10.0. The van der Waals surface area contributed by atoms with E-state index >= 15 is 0 Å². The Morgan fingerprint density at radius 2 is 2.10 bits per heavy atom. The van der Waals surface area contributed by atoms with Gasteiger partial charge in [-0.3, -0.25) is 0 Å². The van der Waals surface area contributed by atoms with Crippen molar-refractivity contribution in [2.75, 3.05) is 25.2 Å². The molecular weight excluding hydrogens is 316 g/mol. The fraction of sp³-hybridized carbons (Fsp3) is 0.625. The molecule has 2 rings (SSSR count). The fourth-order valence-corrected chi connectivity index (χ4v) is 3.10. The van der Waals surface area contributed by atoms with E-state index in [0.717, 1.165) is 23.5 Å². The summed E-state index contributed by atoms with van der Waals surface area (Å²) < 4.78 is 6.37. The van der Waals surface area contributed by atoms with Crippen LogP contribution in [0.25, 0.3) is 0 Å². The molecule has 1 saturated carbocycles. The Labute approximate surface area is 130 Å². The Hall–Kier alpha value is -0.580. The molecule has 4 heteroatoms. The molecule has 2 N–H and O–H groups in total. The second kappa shape index (κ2) is 6.92. The van der Waals surface area contributed by atoms with E-state index in [-0.39, 0.29) is 6.04 Å². The van der Waals surface area contributed by atoms with Gasteiger partial charge in [-0.25, -0.2) is 0 Å². The average molecular weight is 341 g/mol. The number of benzene rings is 1. The van der Waals surface area contributed by atoms with E-state index in [2.05, 4.69) is 46.0 Å². The van der Waals surface area contributed by atoms with Crippen LogP contribution in [0.2, 0.25) is 0 Å². The SMILES string of the molecule is COCCN(c1ccc(Br)cc1C(C)N)C(C)C1CC1. The van der Waals surface area contributed by atoms with Gasteiger partial charge in [0.25, 0.3) is 0 Å². The molecule has 0 bridgehead atoms. The fourth-order valence-electron chi connectivity index (χ4n) is 2.72. The summed E-state index contributed by atoms with van der Waals surface area (Å²) >= 11 is 3.55. The second-order valence-corrected chi connectivity index (χ2v) is 6.67. The zero-order chi connectivity index (χ0) is 14.7. The van der Waals surface area contributed by atoms with Gasteiger partial charge in [0.2, 0.25) is 0 Å². The molecule has 0 saturated heterocycles. The molecule has 3 nitrogen and oxygen atoms in total. The first-order valence-electron chi connectivity index (χ1n) is 7.35. The minimum absolute atomic E-state index is 0.0268. The molecule has 112 valence electrons. The standard InChI is InChI=1S/C16H25BrN2O/c1-11(18)15-10-14(17)6-7-16(15)19(8-9-20-3)12(2)13-4-5-13/h6-7,10-13H,4-5,8-9,18H2,1-3H3. The quantitative estimate of drug-likeness (QED) is 0.821. The lowest BCUT2D eigenvalue weighted by Crippen LogP contribution is -2.38. The van der Waals surface area contributed by atoms with Gasteiger partial charge in [0.15, 0.2) is 0 Å². The summed E-state index contributed by atoms with van der Waals surface area (Å²) in [5.74, 6) is 0.816. The molecule has 0 heterocycles. The highest BCUT2D eigenvalue weighted by Gasteiger charge is 2.33. The maximum atomic E-state index is 6.16. The minimum atomic E-state index is 0.0268. The number of methoxy groups -OCH3 is 1. The Morgan fingerprint density at radius 3 is 2.65 bits per heavy atom. The molecule has 20 heavy (non-hydrogen) atoms. The third-order valence-corrected chi connectivity index (χ3v) is 4.61. The number of halogens is 1. The van der Waals surface area contributed by atoms with Gasteiger partial charge in [-0.05, 0) is 56.4 Å². The van der Waals surface area contributed by atoms with Gasteiger partial charge in [0.05, 0.1) is 6.61 Å². The molecule has 2 unspecified atom stereocenters. The molecule has 0 amide bonds. The minimum Gasteiger partial charge on any atom is -0.383 e. The zero-order valence-corrected chi connectivity index (χ0v) is 14.2. The van der Waals surface area contributed by atoms with E-state index in [4.69, 9.17) is 10.5 Å². The van der Waals surface area contributed by atoms with E-state index in [9.17, 15) is 0 Å². The van der Waals surface area contributed by atoms with Crippen molar-refractivity contribution >= 4 is 21.6 Å². The van der Waals surface area contributed by atoms with E-state index < -0.39 is 0 Å². The summed E-state index contributed by atoms with van der Waals surface area (Å²) in [6.07, 6.45) is 2.68. The van der Waals surface area contributed by atoms with Crippen LogP contribution in [0.4, 0.5) is 5.69 Å². The number of anilines is 1. The Kier molecular flexibility index (Phi) is 5.47. The van der Waals surface area contributed by atoms with Gasteiger partial charge in [-0.1, -0.05) is 15.9 Å². The van der Waals surface area contributed by atoms with Crippen molar-refractivity contribution in [3.05, 3.63) is 28.2 Å². The molecule has 0 aromatic heterocycles. The number of hydrogen-bond donors (Lipinski definition) is 1. The molecule has 2 atom stereocenters. The van der Waals surface area contributed by atoms with Crippen LogP contribution in [0.5, 0.6) is 0 Å². The molecule has 0 radical (unpaired) electrons. The van der Waals surface area contributed by atoms with E-state index in [1.165, 1.54) is 24.1 Å².